The molecule has 0 aliphatic carbocycles. The molecule has 0 spiro atoms. The van der Waals surface area contributed by atoms with Gasteiger partial charge in [-0.3, -0.25) is 4.68 Å². The van der Waals surface area contributed by atoms with Crippen LogP contribution < -0.4 is 5.32 Å². The third-order valence-corrected chi connectivity index (χ3v) is 2.55. The Morgan fingerprint density at radius 3 is 2.80 bits per heavy atom. The molecule has 1 aromatic heterocycles. The standard InChI is InChI=1S/C11H22N4/c1-4-7-10(12-5-2)8-11-13-9-14-15(11)6-3/h9-10,12H,4-8H2,1-3H3. The van der Waals surface area contributed by atoms with E-state index < -0.39 is 0 Å². The van der Waals surface area contributed by atoms with Crippen molar-refractivity contribution >= 4 is 0 Å². The monoisotopic (exact) mass is 210 g/mol. The van der Waals surface area contributed by atoms with Gasteiger partial charge in [-0.05, 0) is 19.9 Å². The van der Waals surface area contributed by atoms with Gasteiger partial charge in [0.05, 0.1) is 0 Å². The summed E-state index contributed by atoms with van der Waals surface area (Å²) in [4.78, 5) is 4.30. The minimum absolute atomic E-state index is 0.537. The smallest absolute Gasteiger partial charge is 0.138 e. The van der Waals surface area contributed by atoms with Gasteiger partial charge in [-0.25, -0.2) is 4.98 Å². The Labute approximate surface area is 92.1 Å². The third kappa shape index (κ3) is 3.63. The summed E-state index contributed by atoms with van der Waals surface area (Å²) in [5.41, 5.74) is 0. The summed E-state index contributed by atoms with van der Waals surface area (Å²) in [5.74, 6) is 1.09. The molecule has 0 amide bonds. The lowest BCUT2D eigenvalue weighted by molar-refractivity contribution is 0.462. The molecular formula is C11H22N4. The van der Waals surface area contributed by atoms with Gasteiger partial charge in [-0.1, -0.05) is 20.3 Å². The number of aryl methyl sites for hydroxylation is 1. The second-order valence-corrected chi connectivity index (χ2v) is 3.74. The Balaban J connectivity index is 2.56. The highest BCUT2D eigenvalue weighted by molar-refractivity contribution is 4.89. The Kier molecular flexibility index (Phi) is 5.32. The molecule has 0 bridgehead atoms. The van der Waals surface area contributed by atoms with Crippen LogP contribution >= 0.6 is 0 Å². The molecule has 0 saturated carbocycles. The lowest BCUT2D eigenvalue weighted by Crippen LogP contribution is -2.31. The molecule has 86 valence electrons. The zero-order valence-electron chi connectivity index (χ0n) is 10.0. The fourth-order valence-corrected chi connectivity index (χ4v) is 1.84. The minimum Gasteiger partial charge on any atom is -0.314 e. The van der Waals surface area contributed by atoms with Crippen LogP contribution in [0.15, 0.2) is 6.33 Å². The van der Waals surface area contributed by atoms with E-state index >= 15 is 0 Å². The Hall–Kier alpha value is -0.900. The maximum Gasteiger partial charge on any atom is 0.138 e. The summed E-state index contributed by atoms with van der Waals surface area (Å²) in [6.45, 7) is 8.38. The van der Waals surface area contributed by atoms with Crippen molar-refractivity contribution in [2.75, 3.05) is 6.54 Å². The lowest BCUT2D eigenvalue weighted by Gasteiger charge is -2.16. The van der Waals surface area contributed by atoms with Crippen molar-refractivity contribution in [3.8, 4) is 0 Å². The minimum atomic E-state index is 0.537. The van der Waals surface area contributed by atoms with Gasteiger partial charge >= 0.3 is 0 Å². The normalized spacial score (nSPS) is 13.0. The van der Waals surface area contributed by atoms with Gasteiger partial charge in [0.15, 0.2) is 0 Å². The van der Waals surface area contributed by atoms with Gasteiger partial charge in [-0.2, -0.15) is 5.10 Å². The molecule has 1 aromatic rings. The van der Waals surface area contributed by atoms with E-state index in [1.165, 1.54) is 12.8 Å². The van der Waals surface area contributed by atoms with Crippen molar-refractivity contribution < 1.29 is 0 Å². The van der Waals surface area contributed by atoms with Crippen LogP contribution in [0.4, 0.5) is 0 Å². The second-order valence-electron chi connectivity index (χ2n) is 3.74. The van der Waals surface area contributed by atoms with Crippen molar-refractivity contribution in [2.24, 2.45) is 0 Å². The van der Waals surface area contributed by atoms with Crippen molar-refractivity contribution in [1.82, 2.24) is 20.1 Å². The average Bonchev–Trinajstić information content (AvgIpc) is 2.66. The van der Waals surface area contributed by atoms with Gasteiger partial charge in [0.1, 0.15) is 12.2 Å². The van der Waals surface area contributed by atoms with E-state index in [2.05, 4.69) is 36.2 Å². The lowest BCUT2D eigenvalue weighted by atomic mass is 10.1. The van der Waals surface area contributed by atoms with E-state index in [1.807, 2.05) is 4.68 Å². The Morgan fingerprint density at radius 2 is 2.20 bits per heavy atom. The summed E-state index contributed by atoms with van der Waals surface area (Å²) >= 11 is 0. The molecule has 0 saturated heterocycles. The summed E-state index contributed by atoms with van der Waals surface area (Å²) in [6, 6.07) is 0.537. The van der Waals surface area contributed by atoms with E-state index in [9.17, 15) is 0 Å². The van der Waals surface area contributed by atoms with E-state index in [0.717, 1.165) is 25.3 Å². The summed E-state index contributed by atoms with van der Waals surface area (Å²) in [7, 11) is 0. The highest BCUT2D eigenvalue weighted by atomic mass is 15.3. The summed E-state index contributed by atoms with van der Waals surface area (Å²) < 4.78 is 1.97. The third-order valence-electron chi connectivity index (χ3n) is 2.55. The molecule has 0 aliphatic heterocycles. The first-order valence-electron chi connectivity index (χ1n) is 5.91. The number of nitrogens with one attached hydrogen (secondary N) is 1. The molecule has 0 radical (unpaired) electrons. The van der Waals surface area contributed by atoms with Crippen molar-refractivity contribution in [3.05, 3.63) is 12.2 Å². The van der Waals surface area contributed by atoms with Crippen molar-refractivity contribution in [2.45, 2.75) is 52.6 Å². The molecule has 1 unspecified atom stereocenters. The maximum atomic E-state index is 4.30. The van der Waals surface area contributed by atoms with Crippen molar-refractivity contribution in [1.29, 1.82) is 0 Å². The van der Waals surface area contributed by atoms with Crippen LogP contribution in [0.2, 0.25) is 0 Å². The first kappa shape index (κ1) is 12.2. The molecule has 1 heterocycles. The highest BCUT2D eigenvalue weighted by Crippen LogP contribution is 2.05. The van der Waals surface area contributed by atoms with Gasteiger partial charge in [0.2, 0.25) is 0 Å². The molecule has 1 atom stereocenters. The molecule has 4 heteroatoms. The largest absolute Gasteiger partial charge is 0.314 e. The molecule has 0 aromatic carbocycles. The zero-order chi connectivity index (χ0) is 11.1. The van der Waals surface area contributed by atoms with Crippen LogP contribution in [0.3, 0.4) is 0 Å². The molecule has 4 nitrogen and oxygen atoms in total. The van der Waals surface area contributed by atoms with E-state index in [0.29, 0.717) is 6.04 Å². The molecule has 15 heavy (non-hydrogen) atoms. The topological polar surface area (TPSA) is 42.7 Å². The van der Waals surface area contributed by atoms with Crippen LogP contribution in [0.25, 0.3) is 0 Å². The number of likely N-dealkylation sites (N-methyl/N-ethyl adjacent to an activating group) is 1. The second kappa shape index (κ2) is 6.56. The average molecular weight is 210 g/mol. The fraction of sp³-hybridized carbons (Fsp3) is 0.818. The number of hydrogen-bond donors (Lipinski definition) is 1. The van der Waals surface area contributed by atoms with E-state index in [1.54, 1.807) is 6.33 Å². The zero-order valence-corrected chi connectivity index (χ0v) is 10.0. The van der Waals surface area contributed by atoms with Crippen LogP contribution in [-0.4, -0.2) is 27.4 Å². The molecular weight excluding hydrogens is 188 g/mol. The number of rotatable bonds is 7. The van der Waals surface area contributed by atoms with Crippen LogP contribution in [0.1, 0.15) is 39.4 Å². The van der Waals surface area contributed by atoms with Crippen LogP contribution in [0, 0.1) is 0 Å². The van der Waals surface area contributed by atoms with Crippen LogP contribution in [0.5, 0.6) is 0 Å². The van der Waals surface area contributed by atoms with Gasteiger partial charge in [0, 0.05) is 19.0 Å². The SMILES string of the molecule is CCCC(Cc1ncnn1CC)NCC. The Bertz CT molecular complexity index is 263. The van der Waals surface area contributed by atoms with Gasteiger partial charge in [0.25, 0.3) is 0 Å². The fourth-order valence-electron chi connectivity index (χ4n) is 1.84. The van der Waals surface area contributed by atoms with Gasteiger partial charge in [-0.15, -0.1) is 0 Å². The number of aromatic nitrogens is 3. The molecule has 0 aliphatic rings. The van der Waals surface area contributed by atoms with Gasteiger partial charge < -0.3 is 5.32 Å². The summed E-state index contributed by atoms with van der Waals surface area (Å²) in [6.07, 6.45) is 5.03. The summed E-state index contributed by atoms with van der Waals surface area (Å²) in [5, 5.41) is 7.68. The number of nitrogens with zero attached hydrogens (tertiary/aromatic N) is 3. The molecule has 1 rings (SSSR count). The van der Waals surface area contributed by atoms with Crippen molar-refractivity contribution in [3.63, 3.8) is 0 Å². The van der Waals surface area contributed by atoms with E-state index in [-0.39, 0.29) is 0 Å². The van der Waals surface area contributed by atoms with E-state index in [4.69, 9.17) is 0 Å². The molecule has 0 fully saturated rings. The first-order valence-corrected chi connectivity index (χ1v) is 5.91. The predicted molar refractivity (Wildman–Crippen MR) is 61.8 cm³/mol. The maximum absolute atomic E-state index is 4.30. The highest BCUT2D eigenvalue weighted by Gasteiger charge is 2.11. The first-order chi connectivity index (χ1) is 7.31. The van der Waals surface area contributed by atoms with Crippen LogP contribution in [-0.2, 0) is 13.0 Å². The predicted octanol–water partition coefficient (Wildman–Crippen LogP) is 1.62. The molecule has 1 N–H and O–H groups in total. The quantitative estimate of drug-likeness (QED) is 0.743. The number of hydrogen-bond acceptors (Lipinski definition) is 3. The Morgan fingerprint density at radius 1 is 1.40 bits per heavy atom.